The van der Waals surface area contributed by atoms with E-state index in [1.807, 2.05) is 37.3 Å². The van der Waals surface area contributed by atoms with E-state index in [0.717, 1.165) is 5.56 Å². The van der Waals surface area contributed by atoms with E-state index in [2.05, 4.69) is 0 Å². The molecule has 0 spiro atoms. The van der Waals surface area contributed by atoms with Gasteiger partial charge in [-0.2, -0.15) is 4.31 Å². The van der Waals surface area contributed by atoms with Crippen LogP contribution >= 0.6 is 0 Å². The number of carbonyl (C=O) groups excluding carboxylic acids is 1. The first-order valence-corrected chi connectivity index (χ1v) is 14.5. The van der Waals surface area contributed by atoms with E-state index in [-0.39, 0.29) is 31.2 Å². The zero-order chi connectivity index (χ0) is 26.6. The average Bonchev–Trinajstić information content (AvgIpc) is 2.88. The first-order chi connectivity index (χ1) is 17.7. The highest BCUT2D eigenvalue weighted by Crippen LogP contribution is 2.41. The lowest BCUT2D eigenvalue weighted by Gasteiger charge is -2.41. The molecule has 0 unspecified atom stereocenters. The molecular formula is C28H36FNO6S. The minimum Gasteiger partial charge on any atom is -0.466 e. The highest BCUT2D eigenvalue weighted by Gasteiger charge is 2.43. The quantitative estimate of drug-likeness (QED) is 0.510. The zero-order valence-corrected chi connectivity index (χ0v) is 22.3. The molecule has 2 aromatic rings. The van der Waals surface area contributed by atoms with Crippen molar-refractivity contribution in [1.82, 2.24) is 4.31 Å². The Kier molecular flexibility index (Phi) is 8.68. The van der Waals surface area contributed by atoms with E-state index in [4.69, 9.17) is 9.47 Å². The Bertz CT molecular complexity index is 1180. The van der Waals surface area contributed by atoms with Gasteiger partial charge in [-0.15, -0.1) is 0 Å². The summed E-state index contributed by atoms with van der Waals surface area (Å²) in [6, 6.07) is 13.6. The summed E-state index contributed by atoms with van der Waals surface area (Å²) in [7, 11) is -3.70. The molecule has 0 aliphatic carbocycles. The van der Waals surface area contributed by atoms with E-state index in [1.54, 1.807) is 19.1 Å². The molecule has 3 atom stereocenters. The molecule has 2 heterocycles. The first kappa shape index (κ1) is 27.7. The molecule has 0 bridgehead atoms. The predicted octanol–water partition coefficient (Wildman–Crippen LogP) is 4.24. The summed E-state index contributed by atoms with van der Waals surface area (Å²) in [6.07, 6.45) is 0.818. The number of halogens is 1. The molecule has 0 radical (unpaired) electrons. The maximum absolute atomic E-state index is 15.5. The fourth-order valence-electron chi connectivity index (χ4n) is 5.63. The molecule has 2 aliphatic heterocycles. The zero-order valence-electron chi connectivity index (χ0n) is 21.4. The lowest BCUT2D eigenvalue weighted by Crippen LogP contribution is -2.46. The standard InChI is InChI=1S/C28H36FNO6S/c1-3-36-27(32)18-26(31)28(13-15-35-16-14-28)23-11-10-22(24(29)17-23)19-30-20(2)9-12-25(37(30,33)34)21-7-5-4-6-8-21/h4-8,10-11,17,20,25-26,31H,3,9,12-16,18-19H2,1-2H3/t20-,25+,26-/m0/s1. The Morgan fingerprint density at radius 1 is 1.19 bits per heavy atom. The summed E-state index contributed by atoms with van der Waals surface area (Å²) >= 11 is 0. The Morgan fingerprint density at radius 2 is 1.89 bits per heavy atom. The third-order valence-electron chi connectivity index (χ3n) is 7.84. The molecule has 0 aromatic heterocycles. The minimum absolute atomic E-state index is 0.0690. The number of hydrogen-bond acceptors (Lipinski definition) is 6. The lowest BCUT2D eigenvalue weighted by atomic mass is 9.69. The molecule has 2 saturated heterocycles. The van der Waals surface area contributed by atoms with Crippen LogP contribution in [0.1, 0.15) is 67.9 Å². The van der Waals surface area contributed by atoms with Gasteiger partial charge < -0.3 is 14.6 Å². The van der Waals surface area contributed by atoms with Crippen LogP contribution in [0.2, 0.25) is 0 Å². The Labute approximate surface area is 218 Å². The fourth-order valence-corrected chi connectivity index (χ4v) is 7.82. The van der Waals surface area contributed by atoms with Gasteiger partial charge in [0.05, 0.1) is 19.1 Å². The van der Waals surface area contributed by atoms with Crippen LogP contribution < -0.4 is 0 Å². The normalized spacial score (nSPS) is 24.3. The Hall–Kier alpha value is -2.33. The molecule has 9 heteroatoms. The number of aliphatic hydroxyl groups excluding tert-OH is 1. The van der Waals surface area contributed by atoms with Gasteiger partial charge in [-0.05, 0) is 56.7 Å². The highest BCUT2D eigenvalue weighted by molar-refractivity contribution is 7.89. The fraction of sp³-hybridized carbons (Fsp3) is 0.536. The third-order valence-corrected chi connectivity index (χ3v) is 10.2. The van der Waals surface area contributed by atoms with Gasteiger partial charge in [0, 0.05) is 36.8 Å². The van der Waals surface area contributed by atoms with Crippen molar-refractivity contribution in [1.29, 1.82) is 0 Å². The lowest BCUT2D eigenvalue weighted by molar-refractivity contribution is -0.147. The second kappa shape index (κ2) is 11.6. The molecule has 2 aromatic carbocycles. The molecule has 2 fully saturated rings. The number of nitrogens with zero attached hydrogens (tertiary/aromatic N) is 1. The van der Waals surface area contributed by atoms with Gasteiger partial charge in [-0.1, -0.05) is 42.5 Å². The van der Waals surface area contributed by atoms with Crippen molar-refractivity contribution in [2.24, 2.45) is 0 Å². The molecule has 2 aliphatic rings. The number of esters is 1. The minimum atomic E-state index is -3.70. The van der Waals surface area contributed by atoms with Gasteiger partial charge in [0.1, 0.15) is 11.1 Å². The number of benzene rings is 2. The first-order valence-electron chi connectivity index (χ1n) is 12.9. The van der Waals surface area contributed by atoms with Gasteiger partial charge in [0.25, 0.3) is 0 Å². The van der Waals surface area contributed by atoms with Crippen molar-refractivity contribution in [2.45, 2.75) is 75.3 Å². The molecule has 0 saturated carbocycles. The van der Waals surface area contributed by atoms with Crippen LogP contribution in [0.25, 0.3) is 0 Å². The van der Waals surface area contributed by atoms with E-state index in [0.29, 0.717) is 44.5 Å². The largest absolute Gasteiger partial charge is 0.466 e. The average molecular weight is 534 g/mol. The number of carbonyl (C=O) groups is 1. The maximum atomic E-state index is 15.5. The summed E-state index contributed by atoms with van der Waals surface area (Å²) < 4.78 is 54.6. The molecule has 37 heavy (non-hydrogen) atoms. The van der Waals surface area contributed by atoms with E-state index < -0.39 is 38.6 Å². The van der Waals surface area contributed by atoms with Crippen LogP contribution in [0.3, 0.4) is 0 Å². The summed E-state index contributed by atoms with van der Waals surface area (Å²) in [5.74, 6) is -1.04. The highest BCUT2D eigenvalue weighted by atomic mass is 32.2. The summed E-state index contributed by atoms with van der Waals surface area (Å²) in [4.78, 5) is 12.1. The van der Waals surface area contributed by atoms with Crippen molar-refractivity contribution in [3.05, 3.63) is 71.0 Å². The van der Waals surface area contributed by atoms with Crippen LogP contribution in [0.15, 0.2) is 48.5 Å². The molecule has 7 nitrogen and oxygen atoms in total. The van der Waals surface area contributed by atoms with Gasteiger partial charge in [-0.3, -0.25) is 4.79 Å². The van der Waals surface area contributed by atoms with Crippen molar-refractivity contribution in [3.8, 4) is 0 Å². The van der Waals surface area contributed by atoms with Crippen LogP contribution in [-0.2, 0) is 36.3 Å². The van der Waals surface area contributed by atoms with E-state index in [9.17, 15) is 18.3 Å². The third kappa shape index (κ3) is 5.74. The van der Waals surface area contributed by atoms with Crippen LogP contribution in [0.4, 0.5) is 4.39 Å². The number of sulfonamides is 1. The van der Waals surface area contributed by atoms with Crippen LogP contribution in [-0.4, -0.2) is 55.8 Å². The van der Waals surface area contributed by atoms with E-state index >= 15 is 4.39 Å². The van der Waals surface area contributed by atoms with Crippen molar-refractivity contribution >= 4 is 16.0 Å². The Balaban J connectivity index is 1.60. The molecule has 1 N–H and O–H groups in total. The topological polar surface area (TPSA) is 93.1 Å². The number of ether oxygens (including phenoxy) is 2. The predicted molar refractivity (Wildman–Crippen MR) is 138 cm³/mol. The summed E-state index contributed by atoms with van der Waals surface area (Å²) in [5.41, 5.74) is 0.737. The number of aliphatic hydroxyl groups is 1. The molecule has 0 amide bonds. The molecule has 202 valence electrons. The SMILES string of the molecule is CCOC(=O)C[C@H](O)C1(c2ccc(CN3[C@@H](C)CC[C@H](c4ccccc4)S3(=O)=O)c(F)c2)CCOCC1. The van der Waals surface area contributed by atoms with Crippen molar-refractivity contribution in [3.63, 3.8) is 0 Å². The van der Waals surface area contributed by atoms with Crippen LogP contribution in [0, 0.1) is 5.82 Å². The second-order valence-corrected chi connectivity index (χ2v) is 12.1. The molecule has 4 rings (SSSR count). The van der Waals surface area contributed by atoms with Crippen molar-refractivity contribution in [2.75, 3.05) is 19.8 Å². The van der Waals surface area contributed by atoms with Gasteiger partial charge in [0.15, 0.2) is 0 Å². The maximum Gasteiger partial charge on any atom is 0.308 e. The summed E-state index contributed by atoms with van der Waals surface area (Å²) in [6.45, 7) is 4.47. The number of hydrogen-bond donors (Lipinski definition) is 1. The molecular weight excluding hydrogens is 497 g/mol. The van der Waals surface area contributed by atoms with Gasteiger partial charge in [0.2, 0.25) is 10.0 Å². The summed E-state index contributed by atoms with van der Waals surface area (Å²) in [5, 5.41) is 10.4. The van der Waals surface area contributed by atoms with Gasteiger partial charge in [-0.25, -0.2) is 12.8 Å². The second-order valence-electron chi connectivity index (χ2n) is 10.0. The van der Waals surface area contributed by atoms with Crippen molar-refractivity contribution < 1.29 is 32.2 Å². The monoisotopic (exact) mass is 533 g/mol. The number of rotatable bonds is 8. The smallest absolute Gasteiger partial charge is 0.308 e. The Morgan fingerprint density at radius 3 is 2.54 bits per heavy atom. The van der Waals surface area contributed by atoms with Crippen LogP contribution in [0.5, 0.6) is 0 Å². The van der Waals surface area contributed by atoms with Gasteiger partial charge >= 0.3 is 5.97 Å². The van der Waals surface area contributed by atoms with E-state index in [1.165, 1.54) is 10.4 Å².